The monoisotopic (exact) mass is 126 g/mol. The van der Waals surface area contributed by atoms with Gasteiger partial charge in [-0.05, 0) is 6.92 Å². The van der Waals surface area contributed by atoms with Gasteiger partial charge in [0, 0.05) is 6.54 Å². The molecule has 0 aromatic heterocycles. The number of carbonyl (C=O) groups excluding carboxylic acids is 1. The SMILES string of the molecule is CCN(C#N)C(=O)N=N. The van der Waals surface area contributed by atoms with Crippen molar-refractivity contribution in [3.05, 3.63) is 0 Å². The van der Waals surface area contributed by atoms with Gasteiger partial charge in [0.25, 0.3) is 0 Å². The van der Waals surface area contributed by atoms with Crippen molar-refractivity contribution in [2.24, 2.45) is 5.11 Å². The molecule has 9 heavy (non-hydrogen) atoms. The third-order valence-electron chi connectivity index (χ3n) is 0.763. The molecule has 48 valence electrons. The highest BCUT2D eigenvalue weighted by Gasteiger charge is 2.06. The van der Waals surface area contributed by atoms with E-state index < -0.39 is 6.03 Å². The van der Waals surface area contributed by atoms with E-state index in [1.54, 1.807) is 13.1 Å². The zero-order chi connectivity index (χ0) is 7.28. The van der Waals surface area contributed by atoms with Gasteiger partial charge >= 0.3 is 6.03 Å². The second-order valence-corrected chi connectivity index (χ2v) is 1.24. The molecule has 0 aliphatic rings. The Kier molecular flexibility index (Phi) is 2.98. The Morgan fingerprint density at radius 2 is 2.56 bits per heavy atom. The van der Waals surface area contributed by atoms with Crippen LogP contribution in [-0.4, -0.2) is 17.5 Å². The molecule has 5 nitrogen and oxygen atoms in total. The maximum absolute atomic E-state index is 10.3. The van der Waals surface area contributed by atoms with Crippen molar-refractivity contribution in [3.8, 4) is 6.19 Å². The Morgan fingerprint density at radius 1 is 2.00 bits per heavy atom. The van der Waals surface area contributed by atoms with Gasteiger partial charge in [0.2, 0.25) is 0 Å². The van der Waals surface area contributed by atoms with E-state index in [-0.39, 0.29) is 6.54 Å². The molecule has 0 saturated carbocycles. The van der Waals surface area contributed by atoms with E-state index >= 15 is 0 Å². The second-order valence-electron chi connectivity index (χ2n) is 1.24. The Hall–Kier alpha value is -1.44. The van der Waals surface area contributed by atoms with Gasteiger partial charge in [-0.25, -0.2) is 9.69 Å². The number of amides is 2. The highest BCUT2D eigenvalue weighted by molar-refractivity contribution is 5.75. The van der Waals surface area contributed by atoms with Crippen LogP contribution in [0.4, 0.5) is 4.79 Å². The summed E-state index contributed by atoms with van der Waals surface area (Å²) in [6.45, 7) is 1.89. The first-order valence-corrected chi connectivity index (χ1v) is 2.35. The number of nitrogens with zero attached hydrogens (tertiary/aromatic N) is 3. The van der Waals surface area contributed by atoms with Crippen molar-refractivity contribution in [2.75, 3.05) is 6.54 Å². The highest BCUT2D eigenvalue weighted by Crippen LogP contribution is 1.87. The Balaban J connectivity index is 3.99. The molecule has 0 heterocycles. The first kappa shape index (κ1) is 7.56. The van der Waals surface area contributed by atoms with Gasteiger partial charge in [0.15, 0.2) is 6.19 Å². The van der Waals surface area contributed by atoms with Crippen LogP contribution in [-0.2, 0) is 0 Å². The molecule has 0 unspecified atom stereocenters. The molecule has 0 aliphatic carbocycles. The maximum atomic E-state index is 10.3. The fourth-order valence-corrected chi connectivity index (χ4v) is 0.309. The van der Waals surface area contributed by atoms with Crippen LogP contribution in [0.25, 0.3) is 0 Å². The standard InChI is InChI=1S/C4H6N4O/c1-2-8(3-5)4(9)7-6/h6H,2H2,1H3. The molecule has 2 amide bonds. The van der Waals surface area contributed by atoms with Crippen LogP contribution >= 0.6 is 0 Å². The van der Waals surface area contributed by atoms with Crippen molar-refractivity contribution in [2.45, 2.75) is 6.92 Å². The first-order chi connectivity index (χ1) is 4.26. The summed E-state index contributed by atoms with van der Waals surface area (Å²) in [7, 11) is 0. The lowest BCUT2D eigenvalue weighted by molar-refractivity contribution is 0.226. The zero-order valence-electron chi connectivity index (χ0n) is 4.96. The summed E-state index contributed by atoms with van der Waals surface area (Å²) in [6, 6.07) is -0.819. The van der Waals surface area contributed by atoms with E-state index in [2.05, 4.69) is 5.11 Å². The predicted molar refractivity (Wildman–Crippen MR) is 28.5 cm³/mol. The number of hydrogen-bond donors (Lipinski definition) is 1. The molecule has 0 radical (unpaired) electrons. The molecule has 1 N–H and O–H groups in total. The van der Waals surface area contributed by atoms with Crippen LogP contribution < -0.4 is 0 Å². The Labute approximate surface area is 52.4 Å². The third kappa shape index (κ3) is 1.86. The summed E-state index contributed by atoms with van der Waals surface area (Å²) >= 11 is 0. The van der Waals surface area contributed by atoms with E-state index in [9.17, 15) is 4.79 Å². The van der Waals surface area contributed by atoms with Crippen LogP contribution in [0.5, 0.6) is 0 Å². The lowest BCUT2D eigenvalue weighted by atomic mass is 10.6. The van der Waals surface area contributed by atoms with Gasteiger partial charge in [0.05, 0.1) is 0 Å². The average molecular weight is 126 g/mol. The van der Waals surface area contributed by atoms with Gasteiger partial charge in [0.1, 0.15) is 0 Å². The average Bonchev–Trinajstić information content (AvgIpc) is 1.90. The van der Waals surface area contributed by atoms with Gasteiger partial charge in [-0.15, -0.1) is 0 Å². The van der Waals surface area contributed by atoms with Crippen molar-refractivity contribution in [1.82, 2.24) is 4.90 Å². The van der Waals surface area contributed by atoms with Crippen LogP contribution in [0.3, 0.4) is 0 Å². The topological polar surface area (TPSA) is 80.3 Å². The summed E-state index contributed by atoms with van der Waals surface area (Å²) in [4.78, 5) is 11.1. The van der Waals surface area contributed by atoms with E-state index in [1.807, 2.05) is 0 Å². The smallest absolute Gasteiger partial charge is 0.243 e. The molecule has 5 heteroatoms. The largest absolute Gasteiger partial charge is 0.374 e. The number of rotatable bonds is 1. The van der Waals surface area contributed by atoms with E-state index in [4.69, 9.17) is 10.8 Å². The summed E-state index contributed by atoms with van der Waals surface area (Å²) < 4.78 is 0. The van der Waals surface area contributed by atoms with Crippen LogP contribution in [0.1, 0.15) is 6.92 Å². The fraction of sp³-hybridized carbons (Fsp3) is 0.500. The molecule has 0 aromatic carbocycles. The second kappa shape index (κ2) is 3.55. The van der Waals surface area contributed by atoms with Gasteiger partial charge < -0.3 is 0 Å². The molecule has 0 spiro atoms. The van der Waals surface area contributed by atoms with Crippen LogP contribution in [0, 0.1) is 17.0 Å². The Bertz CT molecular complexity index is 158. The molecular formula is C4H6N4O. The minimum Gasteiger partial charge on any atom is -0.243 e. The van der Waals surface area contributed by atoms with E-state index in [0.717, 1.165) is 4.90 Å². The first-order valence-electron chi connectivity index (χ1n) is 2.35. The number of urea groups is 1. The normalized spacial score (nSPS) is 7.56. The fourth-order valence-electron chi connectivity index (χ4n) is 0.309. The van der Waals surface area contributed by atoms with Gasteiger partial charge in [-0.2, -0.15) is 10.8 Å². The minimum absolute atomic E-state index is 0.262. The third-order valence-corrected chi connectivity index (χ3v) is 0.763. The highest BCUT2D eigenvalue weighted by atomic mass is 16.2. The summed E-state index contributed by atoms with van der Waals surface area (Å²) in [5.74, 6) is 0. The van der Waals surface area contributed by atoms with Crippen molar-refractivity contribution >= 4 is 6.03 Å². The van der Waals surface area contributed by atoms with E-state index in [0.29, 0.717) is 0 Å². The van der Waals surface area contributed by atoms with Gasteiger partial charge in [-0.1, -0.05) is 5.11 Å². The quantitative estimate of drug-likeness (QED) is 0.322. The molecular weight excluding hydrogens is 120 g/mol. The molecule has 0 aromatic rings. The molecule has 0 aliphatic heterocycles. The number of nitriles is 1. The molecule has 0 saturated heterocycles. The summed E-state index contributed by atoms with van der Waals surface area (Å²) in [6.07, 6.45) is 1.57. The maximum Gasteiger partial charge on any atom is 0.374 e. The van der Waals surface area contributed by atoms with Crippen molar-refractivity contribution in [3.63, 3.8) is 0 Å². The molecule has 0 atom stereocenters. The van der Waals surface area contributed by atoms with Gasteiger partial charge in [-0.3, -0.25) is 0 Å². The minimum atomic E-state index is -0.819. The lowest BCUT2D eigenvalue weighted by Crippen LogP contribution is -2.21. The summed E-state index contributed by atoms with van der Waals surface area (Å²) in [5, 5.41) is 10.7. The van der Waals surface area contributed by atoms with Crippen molar-refractivity contribution < 1.29 is 4.79 Å². The number of carbonyl (C=O) groups is 1. The predicted octanol–water partition coefficient (Wildman–Crippen LogP) is 0.940. The van der Waals surface area contributed by atoms with Crippen LogP contribution in [0.15, 0.2) is 5.11 Å². The lowest BCUT2D eigenvalue weighted by Gasteiger charge is -2.02. The van der Waals surface area contributed by atoms with E-state index in [1.165, 1.54) is 0 Å². The summed E-state index contributed by atoms with van der Waals surface area (Å²) in [5.41, 5.74) is 6.23. The molecule has 0 fully saturated rings. The molecule has 0 bridgehead atoms. The van der Waals surface area contributed by atoms with Crippen LogP contribution in [0.2, 0.25) is 0 Å². The Morgan fingerprint density at radius 3 is 2.67 bits per heavy atom. The van der Waals surface area contributed by atoms with Crippen molar-refractivity contribution in [1.29, 1.82) is 10.8 Å². The number of hydrogen-bond acceptors (Lipinski definition) is 3. The molecule has 0 rings (SSSR count). The number of nitrogens with one attached hydrogen (secondary N) is 1. The zero-order valence-corrected chi connectivity index (χ0v) is 4.96.